The maximum Gasteiger partial charge on any atom is 0.333 e. The molecule has 23 heavy (non-hydrogen) atoms. The molecule has 0 aromatic heterocycles. The molecule has 130 valence electrons. The van der Waals surface area contributed by atoms with Crippen LogP contribution >= 0.6 is 0 Å². The van der Waals surface area contributed by atoms with E-state index in [2.05, 4.69) is 0 Å². The summed E-state index contributed by atoms with van der Waals surface area (Å²) in [5, 5.41) is 0.591. The molecule has 0 saturated carbocycles. The first-order chi connectivity index (χ1) is 10.9. The fourth-order valence-corrected chi connectivity index (χ4v) is 2.37. The molecule has 0 radical (unpaired) electrons. The van der Waals surface area contributed by atoms with Gasteiger partial charge in [0.1, 0.15) is 5.78 Å². The Morgan fingerprint density at radius 2 is 1.39 bits per heavy atom. The number of rotatable bonds is 11. The van der Waals surface area contributed by atoms with Crippen LogP contribution in [0.25, 0.3) is 0 Å². The lowest BCUT2D eigenvalue weighted by molar-refractivity contribution is -0.197. The molecule has 1 rings (SSSR count). The first-order valence-electron chi connectivity index (χ1n) is 8.51. The molecule has 0 atom stereocenters. The van der Waals surface area contributed by atoms with Crippen LogP contribution in [0.5, 0.6) is 0 Å². The average Bonchev–Trinajstić information content (AvgIpc) is 2.81. The number of hydrogen-bond acceptors (Lipinski definition) is 5. The zero-order valence-corrected chi connectivity index (χ0v) is 14.1. The molecule has 0 aliphatic carbocycles. The van der Waals surface area contributed by atoms with Gasteiger partial charge in [-0.2, -0.15) is 0 Å². The summed E-state index contributed by atoms with van der Waals surface area (Å²) in [4.78, 5) is 50.4. The van der Waals surface area contributed by atoms with Gasteiger partial charge in [-0.1, -0.05) is 39.5 Å². The van der Waals surface area contributed by atoms with Crippen LogP contribution in [-0.4, -0.2) is 28.6 Å². The lowest BCUT2D eigenvalue weighted by Crippen LogP contribution is -2.31. The highest BCUT2D eigenvalue weighted by atomic mass is 16.7. The molecule has 0 bridgehead atoms. The molecule has 0 N–H and O–H groups in total. The Balaban J connectivity index is 1.98. The minimum absolute atomic E-state index is 0.116. The largest absolute Gasteiger partial charge is 0.333 e. The predicted molar refractivity (Wildman–Crippen MR) is 84.0 cm³/mol. The standard InChI is InChI=1S/C17H27NO5/c1-13(2)14(19)9-7-5-3-4-6-8-10-17(22)23-18-15(20)11-12-16(18)21/h13H,3-12H2,1-2H3. The van der Waals surface area contributed by atoms with Gasteiger partial charge in [-0.3, -0.25) is 14.4 Å². The summed E-state index contributed by atoms with van der Waals surface area (Å²) in [6.45, 7) is 3.84. The molecule has 2 amide bonds. The van der Waals surface area contributed by atoms with Crippen molar-refractivity contribution in [2.45, 2.75) is 78.1 Å². The van der Waals surface area contributed by atoms with Gasteiger partial charge in [-0.05, 0) is 12.8 Å². The topological polar surface area (TPSA) is 80.8 Å². The Morgan fingerprint density at radius 1 is 0.913 bits per heavy atom. The number of Topliss-reactive ketones (excluding diaryl/α,β-unsaturated/α-hetero) is 1. The molecule has 1 heterocycles. The monoisotopic (exact) mass is 325 g/mol. The van der Waals surface area contributed by atoms with Crippen molar-refractivity contribution in [1.82, 2.24) is 5.06 Å². The Hall–Kier alpha value is -1.72. The van der Waals surface area contributed by atoms with E-state index >= 15 is 0 Å². The lowest BCUT2D eigenvalue weighted by atomic mass is 10.0. The smallest absolute Gasteiger partial charge is 0.330 e. The Kier molecular flexibility index (Phi) is 8.51. The second-order valence-electron chi connectivity index (χ2n) is 6.29. The van der Waals surface area contributed by atoms with Gasteiger partial charge in [0.25, 0.3) is 11.8 Å². The number of hydrogen-bond donors (Lipinski definition) is 0. The third kappa shape index (κ3) is 7.39. The van der Waals surface area contributed by atoms with Crippen LogP contribution in [0.15, 0.2) is 0 Å². The van der Waals surface area contributed by atoms with Crippen molar-refractivity contribution < 1.29 is 24.0 Å². The molecule has 0 aromatic rings. The second kappa shape index (κ2) is 10.1. The maximum absolute atomic E-state index is 11.6. The number of unbranched alkanes of at least 4 members (excludes halogenated alkanes) is 5. The van der Waals surface area contributed by atoms with Crippen LogP contribution in [0.2, 0.25) is 0 Å². The van der Waals surface area contributed by atoms with Crippen molar-refractivity contribution in [3.8, 4) is 0 Å². The highest BCUT2D eigenvalue weighted by Gasteiger charge is 2.32. The molecule has 0 unspecified atom stereocenters. The fraction of sp³-hybridized carbons (Fsp3) is 0.765. The lowest BCUT2D eigenvalue weighted by Gasteiger charge is -2.12. The Labute approximate surface area is 137 Å². The van der Waals surface area contributed by atoms with Crippen LogP contribution < -0.4 is 0 Å². The van der Waals surface area contributed by atoms with E-state index < -0.39 is 17.8 Å². The third-order valence-corrected chi connectivity index (χ3v) is 3.90. The van der Waals surface area contributed by atoms with Crippen LogP contribution in [0.1, 0.15) is 78.1 Å². The van der Waals surface area contributed by atoms with Crippen LogP contribution in [0.3, 0.4) is 0 Å². The molecule has 1 aliphatic heterocycles. The summed E-state index contributed by atoms with van der Waals surface area (Å²) < 4.78 is 0. The molecule has 0 spiro atoms. The second-order valence-corrected chi connectivity index (χ2v) is 6.29. The number of imide groups is 1. The molecule has 1 saturated heterocycles. The Bertz CT molecular complexity index is 428. The van der Waals surface area contributed by atoms with E-state index in [1.165, 1.54) is 0 Å². The van der Waals surface area contributed by atoms with Crippen molar-refractivity contribution >= 4 is 23.6 Å². The van der Waals surface area contributed by atoms with E-state index in [1.54, 1.807) is 0 Å². The van der Waals surface area contributed by atoms with E-state index in [0.29, 0.717) is 23.7 Å². The van der Waals surface area contributed by atoms with E-state index in [1.807, 2.05) is 13.8 Å². The van der Waals surface area contributed by atoms with Gasteiger partial charge in [0, 0.05) is 31.6 Å². The van der Waals surface area contributed by atoms with Gasteiger partial charge in [-0.15, -0.1) is 5.06 Å². The quantitative estimate of drug-likeness (QED) is 0.431. The zero-order valence-electron chi connectivity index (χ0n) is 14.1. The Morgan fingerprint density at radius 3 is 1.91 bits per heavy atom. The number of ketones is 1. The minimum atomic E-state index is -0.531. The van der Waals surface area contributed by atoms with Crippen molar-refractivity contribution in [2.24, 2.45) is 5.92 Å². The molecule has 0 aromatic carbocycles. The highest BCUT2D eigenvalue weighted by molar-refractivity contribution is 6.01. The van der Waals surface area contributed by atoms with E-state index in [9.17, 15) is 19.2 Å². The highest BCUT2D eigenvalue weighted by Crippen LogP contribution is 2.14. The van der Waals surface area contributed by atoms with Crippen molar-refractivity contribution in [1.29, 1.82) is 0 Å². The van der Waals surface area contributed by atoms with Crippen molar-refractivity contribution in [3.05, 3.63) is 0 Å². The fourth-order valence-electron chi connectivity index (χ4n) is 2.37. The van der Waals surface area contributed by atoms with Gasteiger partial charge in [0.15, 0.2) is 0 Å². The third-order valence-electron chi connectivity index (χ3n) is 3.90. The first kappa shape index (κ1) is 19.3. The molecule has 1 aliphatic rings. The SMILES string of the molecule is CC(C)C(=O)CCCCCCCCC(=O)ON1C(=O)CCC1=O. The number of hydroxylamine groups is 2. The van der Waals surface area contributed by atoms with Gasteiger partial charge >= 0.3 is 5.97 Å². The molecular formula is C17H27NO5. The molecule has 6 heteroatoms. The molecular weight excluding hydrogens is 298 g/mol. The number of carbonyl (C=O) groups is 4. The zero-order chi connectivity index (χ0) is 17.2. The summed E-state index contributed by atoms with van der Waals surface area (Å²) in [6.07, 6.45) is 6.68. The summed E-state index contributed by atoms with van der Waals surface area (Å²) in [6, 6.07) is 0. The summed E-state index contributed by atoms with van der Waals surface area (Å²) >= 11 is 0. The van der Waals surface area contributed by atoms with Crippen molar-refractivity contribution in [3.63, 3.8) is 0 Å². The minimum Gasteiger partial charge on any atom is -0.330 e. The van der Waals surface area contributed by atoms with E-state index in [-0.39, 0.29) is 25.2 Å². The van der Waals surface area contributed by atoms with Crippen LogP contribution in [-0.2, 0) is 24.0 Å². The predicted octanol–water partition coefficient (Wildman–Crippen LogP) is 2.94. The summed E-state index contributed by atoms with van der Waals surface area (Å²) in [5.41, 5.74) is 0. The summed E-state index contributed by atoms with van der Waals surface area (Å²) in [5.74, 6) is -0.983. The van der Waals surface area contributed by atoms with Gasteiger partial charge in [0.05, 0.1) is 0 Å². The number of nitrogens with zero attached hydrogens (tertiary/aromatic N) is 1. The summed E-state index contributed by atoms with van der Waals surface area (Å²) in [7, 11) is 0. The maximum atomic E-state index is 11.6. The van der Waals surface area contributed by atoms with Crippen LogP contribution in [0, 0.1) is 5.92 Å². The van der Waals surface area contributed by atoms with Gasteiger partial charge in [-0.25, -0.2) is 4.79 Å². The number of carbonyl (C=O) groups excluding carboxylic acids is 4. The normalized spacial score (nSPS) is 14.7. The van der Waals surface area contributed by atoms with Crippen LogP contribution in [0.4, 0.5) is 0 Å². The van der Waals surface area contributed by atoms with Crippen molar-refractivity contribution in [2.75, 3.05) is 0 Å². The average molecular weight is 325 g/mol. The first-order valence-corrected chi connectivity index (χ1v) is 8.51. The molecule has 1 fully saturated rings. The number of amides is 2. The van der Waals surface area contributed by atoms with Gasteiger partial charge in [0.2, 0.25) is 0 Å². The van der Waals surface area contributed by atoms with E-state index in [0.717, 1.165) is 32.1 Å². The molecule has 6 nitrogen and oxygen atoms in total. The van der Waals surface area contributed by atoms with E-state index in [4.69, 9.17) is 4.84 Å². The van der Waals surface area contributed by atoms with Gasteiger partial charge < -0.3 is 4.84 Å².